The molecular formula is C13H16BrN3. The van der Waals surface area contributed by atoms with Gasteiger partial charge in [-0.1, -0.05) is 22.0 Å². The highest BCUT2D eigenvalue weighted by Gasteiger charge is 2.03. The Morgan fingerprint density at radius 3 is 2.71 bits per heavy atom. The molecule has 0 unspecified atom stereocenters. The number of nitrogens with zero attached hydrogens (tertiary/aromatic N) is 2. The molecule has 1 N–H and O–H groups in total. The van der Waals surface area contributed by atoms with Crippen LogP contribution in [0.1, 0.15) is 16.8 Å². The van der Waals surface area contributed by atoms with Crippen molar-refractivity contribution in [1.82, 2.24) is 9.78 Å². The van der Waals surface area contributed by atoms with E-state index < -0.39 is 0 Å². The van der Waals surface area contributed by atoms with Crippen LogP contribution in [0.5, 0.6) is 0 Å². The predicted octanol–water partition coefficient (Wildman–Crippen LogP) is 3.41. The fourth-order valence-electron chi connectivity index (χ4n) is 1.62. The van der Waals surface area contributed by atoms with Gasteiger partial charge >= 0.3 is 0 Å². The SMILES string of the molecule is Cc1ccc(NCc2cnn(C)c2C)cc1Br. The van der Waals surface area contributed by atoms with E-state index in [0.29, 0.717) is 0 Å². The minimum Gasteiger partial charge on any atom is -0.381 e. The van der Waals surface area contributed by atoms with Crippen molar-refractivity contribution in [1.29, 1.82) is 0 Å². The molecule has 0 aliphatic rings. The van der Waals surface area contributed by atoms with E-state index in [9.17, 15) is 0 Å². The maximum atomic E-state index is 4.23. The molecule has 2 rings (SSSR count). The number of hydrogen-bond donors (Lipinski definition) is 1. The Morgan fingerprint density at radius 1 is 1.35 bits per heavy atom. The van der Waals surface area contributed by atoms with Crippen LogP contribution < -0.4 is 5.32 Å². The van der Waals surface area contributed by atoms with Gasteiger partial charge in [-0.05, 0) is 31.5 Å². The third-order valence-corrected chi connectivity index (χ3v) is 3.85. The lowest BCUT2D eigenvalue weighted by molar-refractivity contribution is 0.738. The predicted molar refractivity (Wildman–Crippen MR) is 74.2 cm³/mol. The molecular weight excluding hydrogens is 278 g/mol. The third kappa shape index (κ3) is 2.69. The minimum atomic E-state index is 0.801. The Morgan fingerprint density at radius 2 is 2.12 bits per heavy atom. The summed E-state index contributed by atoms with van der Waals surface area (Å²) in [5.74, 6) is 0. The minimum absolute atomic E-state index is 0.801. The molecule has 2 aromatic rings. The van der Waals surface area contributed by atoms with Crippen LogP contribution in [0.15, 0.2) is 28.9 Å². The summed E-state index contributed by atoms with van der Waals surface area (Å²) in [5, 5.41) is 7.63. The summed E-state index contributed by atoms with van der Waals surface area (Å²) in [5.41, 5.74) is 4.78. The molecule has 0 bridgehead atoms. The van der Waals surface area contributed by atoms with Gasteiger partial charge in [0.2, 0.25) is 0 Å². The normalized spacial score (nSPS) is 10.6. The molecule has 0 aliphatic heterocycles. The summed E-state index contributed by atoms with van der Waals surface area (Å²) in [4.78, 5) is 0. The van der Waals surface area contributed by atoms with Crippen LogP contribution in [0.25, 0.3) is 0 Å². The van der Waals surface area contributed by atoms with Gasteiger partial charge in [0.15, 0.2) is 0 Å². The number of anilines is 1. The first-order chi connectivity index (χ1) is 8.08. The van der Waals surface area contributed by atoms with E-state index >= 15 is 0 Å². The summed E-state index contributed by atoms with van der Waals surface area (Å²) in [7, 11) is 1.96. The zero-order valence-corrected chi connectivity index (χ0v) is 11.9. The summed E-state index contributed by atoms with van der Waals surface area (Å²) < 4.78 is 3.02. The largest absolute Gasteiger partial charge is 0.381 e. The van der Waals surface area contributed by atoms with Crippen molar-refractivity contribution in [2.75, 3.05) is 5.32 Å². The molecule has 17 heavy (non-hydrogen) atoms. The molecule has 1 aromatic carbocycles. The lowest BCUT2D eigenvalue weighted by atomic mass is 10.2. The second-order valence-electron chi connectivity index (χ2n) is 4.20. The van der Waals surface area contributed by atoms with Crippen molar-refractivity contribution >= 4 is 21.6 Å². The zero-order valence-electron chi connectivity index (χ0n) is 10.3. The van der Waals surface area contributed by atoms with Gasteiger partial charge in [-0.3, -0.25) is 4.68 Å². The number of halogens is 1. The maximum Gasteiger partial charge on any atom is 0.0542 e. The smallest absolute Gasteiger partial charge is 0.0542 e. The van der Waals surface area contributed by atoms with E-state index in [-0.39, 0.29) is 0 Å². The molecule has 1 aromatic heterocycles. The molecule has 0 aliphatic carbocycles. The van der Waals surface area contributed by atoms with Gasteiger partial charge in [0.1, 0.15) is 0 Å². The number of aromatic nitrogens is 2. The molecule has 1 heterocycles. The van der Waals surface area contributed by atoms with Crippen LogP contribution in [0.2, 0.25) is 0 Å². The van der Waals surface area contributed by atoms with Crippen molar-refractivity contribution in [2.24, 2.45) is 7.05 Å². The second-order valence-corrected chi connectivity index (χ2v) is 5.05. The summed E-state index contributed by atoms with van der Waals surface area (Å²) in [6, 6.07) is 6.29. The average molecular weight is 294 g/mol. The molecule has 0 saturated heterocycles. The van der Waals surface area contributed by atoms with Crippen molar-refractivity contribution in [2.45, 2.75) is 20.4 Å². The Bertz CT molecular complexity index is 531. The highest BCUT2D eigenvalue weighted by Crippen LogP contribution is 2.21. The topological polar surface area (TPSA) is 29.9 Å². The third-order valence-electron chi connectivity index (χ3n) is 2.99. The van der Waals surface area contributed by atoms with Crippen LogP contribution in [0.3, 0.4) is 0 Å². The molecule has 0 fully saturated rings. The number of rotatable bonds is 3. The standard InChI is InChI=1S/C13H16BrN3/c1-9-4-5-12(6-13(9)14)15-7-11-8-16-17(3)10(11)2/h4-6,8,15H,7H2,1-3H3. The lowest BCUT2D eigenvalue weighted by Gasteiger charge is -2.07. The van der Waals surface area contributed by atoms with E-state index in [0.717, 1.165) is 16.7 Å². The highest BCUT2D eigenvalue weighted by atomic mass is 79.9. The van der Waals surface area contributed by atoms with Gasteiger partial charge in [0.25, 0.3) is 0 Å². The average Bonchev–Trinajstić information content (AvgIpc) is 2.62. The van der Waals surface area contributed by atoms with Gasteiger partial charge in [0, 0.05) is 35.0 Å². The summed E-state index contributed by atoms with van der Waals surface area (Å²) in [6.45, 7) is 4.96. The Balaban J connectivity index is 2.07. The van der Waals surface area contributed by atoms with Gasteiger partial charge in [-0.2, -0.15) is 5.10 Å². The molecule has 90 valence electrons. The van der Waals surface area contributed by atoms with Crippen molar-refractivity contribution < 1.29 is 0 Å². The first kappa shape index (κ1) is 12.2. The van der Waals surface area contributed by atoms with Gasteiger partial charge in [-0.15, -0.1) is 0 Å². The molecule has 0 spiro atoms. The van der Waals surface area contributed by atoms with Crippen LogP contribution in [0, 0.1) is 13.8 Å². The van der Waals surface area contributed by atoms with Crippen LogP contribution in [0.4, 0.5) is 5.69 Å². The molecule has 3 nitrogen and oxygen atoms in total. The first-order valence-corrected chi connectivity index (χ1v) is 6.34. The summed E-state index contributed by atoms with van der Waals surface area (Å²) >= 11 is 3.53. The van der Waals surface area contributed by atoms with E-state index in [1.165, 1.54) is 16.8 Å². The quantitative estimate of drug-likeness (QED) is 0.940. The molecule has 4 heteroatoms. The fourth-order valence-corrected chi connectivity index (χ4v) is 2.00. The van der Waals surface area contributed by atoms with Gasteiger partial charge < -0.3 is 5.32 Å². The molecule has 0 amide bonds. The first-order valence-electron chi connectivity index (χ1n) is 5.55. The van der Waals surface area contributed by atoms with Crippen molar-refractivity contribution in [3.05, 3.63) is 45.7 Å². The molecule has 0 atom stereocenters. The lowest BCUT2D eigenvalue weighted by Crippen LogP contribution is -2.01. The van der Waals surface area contributed by atoms with Gasteiger partial charge in [-0.25, -0.2) is 0 Å². The van der Waals surface area contributed by atoms with E-state index in [4.69, 9.17) is 0 Å². The van der Waals surface area contributed by atoms with Crippen molar-refractivity contribution in [3.63, 3.8) is 0 Å². The van der Waals surface area contributed by atoms with Crippen LogP contribution in [-0.2, 0) is 13.6 Å². The molecule has 0 saturated carbocycles. The Kier molecular flexibility index (Phi) is 3.52. The Labute approximate surface area is 110 Å². The number of hydrogen-bond acceptors (Lipinski definition) is 2. The highest BCUT2D eigenvalue weighted by molar-refractivity contribution is 9.10. The monoisotopic (exact) mass is 293 g/mol. The number of aryl methyl sites for hydroxylation is 2. The van der Waals surface area contributed by atoms with Gasteiger partial charge in [0.05, 0.1) is 6.20 Å². The van der Waals surface area contributed by atoms with E-state index in [2.05, 4.69) is 58.4 Å². The second kappa shape index (κ2) is 4.92. The zero-order chi connectivity index (χ0) is 12.4. The van der Waals surface area contributed by atoms with Crippen molar-refractivity contribution in [3.8, 4) is 0 Å². The van der Waals surface area contributed by atoms with E-state index in [1.807, 2.05) is 17.9 Å². The summed E-state index contributed by atoms with van der Waals surface area (Å²) in [6.07, 6.45) is 1.91. The molecule has 0 radical (unpaired) electrons. The van der Waals surface area contributed by atoms with Crippen LogP contribution >= 0.6 is 15.9 Å². The maximum absolute atomic E-state index is 4.23. The van der Waals surface area contributed by atoms with Crippen LogP contribution in [-0.4, -0.2) is 9.78 Å². The Hall–Kier alpha value is -1.29. The number of nitrogens with one attached hydrogen (secondary N) is 1. The fraction of sp³-hybridized carbons (Fsp3) is 0.308. The van der Waals surface area contributed by atoms with E-state index in [1.54, 1.807) is 0 Å². The number of benzene rings is 1.